The normalized spacial score (nSPS) is 10.1. The lowest BCUT2D eigenvalue weighted by Crippen LogP contribution is -2.32. The van der Waals surface area contributed by atoms with Crippen molar-refractivity contribution in [1.82, 2.24) is 9.97 Å². The van der Waals surface area contributed by atoms with E-state index in [9.17, 15) is 4.79 Å². The van der Waals surface area contributed by atoms with Crippen molar-refractivity contribution in [3.05, 3.63) is 12.4 Å². The first-order valence-corrected chi connectivity index (χ1v) is 6.47. The number of aromatic nitrogens is 2. The van der Waals surface area contributed by atoms with Crippen molar-refractivity contribution in [2.75, 3.05) is 31.7 Å². The zero-order valence-corrected chi connectivity index (χ0v) is 11.8. The van der Waals surface area contributed by atoms with Crippen LogP contribution in [0.15, 0.2) is 12.4 Å². The molecule has 0 spiro atoms. The minimum Gasteiger partial charge on any atom is -0.477 e. The van der Waals surface area contributed by atoms with Crippen molar-refractivity contribution in [1.29, 1.82) is 0 Å². The highest BCUT2D eigenvalue weighted by Gasteiger charge is 2.13. The van der Waals surface area contributed by atoms with Crippen LogP contribution in [0.2, 0.25) is 0 Å². The molecule has 0 saturated heterocycles. The number of esters is 1. The molecule has 106 valence electrons. The van der Waals surface area contributed by atoms with Crippen molar-refractivity contribution in [2.24, 2.45) is 0 Å². The van der Waals surface area contributed by atoms with Crippen molar-refractivity contribution < 1.29 is 14.3 Å². The maximum absolute atomic E-state index is 11.4. The predicted molar refractivity (Wildman–Crippen MR) is 72.3 cm³/mol. The van der Waals surface area contributed by atoms with E-state index < -0.39 is 0 Å². The fourth-order valence-corrected chi connectivity index (χ4v) is 1.53. The summed E-state index contributed by atoms with van der Waals surface area (Å²) in [4.78, 5) is 21.7. The molecule has 0 radical (unpaired) electrons. The number of hydrogen-bond acceptors (Lipinski definition) is 6. The van der Waals surface area contributed by atoms with Gasteiger partial charge in [-0.25, -0.2) is 0 Å². The van der Waals surface area contributed by atoms with Crippen LogP contribution in [0.4, 0.5) is 5.82 Å². The molecular weight excluding hydrogens is 246 g/mol. The molecule has 0 unspecified atom stereocenters. The van der Waals surface area contributed by atoms with E-state index in [1.165, 1.54) is 7.11 Å². The summed E-state index contributed by atoms with van der Waals surface area (Å²) in [7, 11) is 1.37. The van der Waals surface area contributed by atoms with Gasteiger partial charge < -0.3 is 14.4 Å². The standard InChI is InChI=1S/C13H21N3O3/c1-4-6-16(10-13(17)18-3)11-8-14-9-12(15-11)19-7-5-2/h8-9H,4-7,10H2,1-3H3. The van der Waals surface area contributed by atoms with Gasteiger partial charge in [0.05, 0.1) is 26.1 Å². The van der Waals surface area contributed by atoms with Gasteiger partial charge in [-0.1, -0.05) is 13.8 Å². The molecule has 0 aromatic carbocycles. The SMILES string of the molecule is CCCOc1cncc(N(CCC)CC(=O)OC)n1. The molecular formula is C13H21N3O3. The third kappa shape index (κ3) is 5.11. The van der Waals surface area contributed by atoms with Crippen molar-refractivity contribution in [2.45, 2.75) is 26.7 Å². The minimum absolute atomic E-state index is 0.163. The minimum atomic E-state index is -0.296. The highest BCUT2D eigenvalue weighted by molar-refractivity contribution is 5.75. The van der Waals surface area contributed by atoms with E-state index in [4.69, 9.17) is 4.74 Å². The van der Waals surface area contributed by atoms with Crippen LogP contribution in [0.25, 0.3) is 0 Å². The quantitative estimate of drug-likeness (QED) is 0.667. The molecule has 0 saturated carbocycles. The fraction of sp³-hybridized carbons (Fsp3) is 0.615. The van der Waals surface area contributed by atoms with Crippen LogP contribution in [0.3, 0.4) is 0 Å². The Kier molecular flexibility index (Phi) is 6.63. The van der Waals surface area contributed by atoms with Crippen LogP contribution in [0.1, 0.15) is 26.7 Å². The summed E-state index contributed by atoms with van der Waals surface area (Å²) in [6.45, 7) is 5.53. The number of carbonyl (C=O) groups is 1. The Bertz CT molecular complexity index is 398. The molecule has 19 heavy (non-hydrogen) atoms. The number of anilines is 1. The highest BCUT2D eigenvalue weighted by Crippen LogP contribution is 2.14. The maximum Gasteiger partial charge on any atom is 0.325 e. The summed E-state index contributed by atoms with van der Waals surface area (Å²) in [6, 6.07) is 0. The van der Waals surface area contributed by atoms with Crippen LogP contribution < -0.4 is 9.64 Å². The average Bonchev–Trinajstić information content (AvgIpc) is 2.44. The lowest BCUT2D eigenvalue weighted by molar-refractivity contribution is -0.138. The molecule has 1 aromatic rings. The summed E-state index contributed by atoms with van der Waals surface area (Å²) in [5.74, 6) is 0.807. The van der Waals surface area contributed by atoms with Gasteiger partial charge in [-0.2, -0.15) is 4.98 Å². The highest BCUT2D eigenvalue weighted by atomic mass is 16.5. The van der Waals surface area contributed by atoms with Crippen LogP contribution in [-0.2, 0) is 9.53 Å². The topological polar surface area (TPSA) is 64.5 Å². The van der Waals surface area contributed by atoms with E-state index in [0.717, 1.165) is 12.8 Å². The smallest absolute Gasteiger partial charge is 0.325 e. The van der Waals surface area contributed by atoms with Crippen LogP contribution in [0.5, 0.6) is 5.88 Å². The second kappa shape index (κ2) is 8.29. The summed E-state index contributed by atoms with van der Waals surface area (Å²) in [5, 5.41) is 0. The van der Waals surface area contributed by atoms with Crippen molar-refractivity contribution in [3.8, 4) is 5.88 Å². The number of hydrogen-bond donors (Lipinski definition) is 0. The number of methoxy groups -OCH3 is 1. The van der Waals surface area contributed by atoms with Gasteiger partial charge in [-0.05, 0) is 12.8 Å². The third-order valence-electron chi connectivity index (χ3n) is 2.42. The molecule has 1 heterocycles. The monoisotopic (exact) mass is 267 g/mol. The van der Waals surface area contributed by atoms with E-state index in [1.54, 1.807) is 12.4 Å². The van der Waals surface area contributed by atoms with E-state index >= 15 is 0 Å². The van der Waals surface area contributed by atoms with Gasteiger partial charge in [0, 0.05) is 6.54 Å². The van der Waals surface area contributed by atoms with Gasteiger partial charge in [0.1, 0.15) is 6.54 Å². The lowest BCUT2D eigenvalue weighted by Gasteiger charge is -2.21. The summed E-state index contributed by atoms with van der Waals surface area (Å²) >= 11 is 0. The fourth-order valence-electron chi connectivity index (χ4n) is 1.53. The molecule has 1 rings (SSSR count). The van der Waals surface area contributed by atoms with Crippen molar-refractivity contribution >= 4 is 11.8 Å². The van der Waals surface area contributed by atoms with E-state index in [1.807, 2.05) is 18.7 Å². The second-order valence-electron chi connectivity index (χ2n) is 4.06. The van der Waals surface area contributed by atoms with Crippen LogP contribution in [-0.4, -0.2) is 42.7 Å². The zero-order chi connectivity index (χ0) is 14.1. The molecule has 0 aliphatic carbocycles. The third-order valence-corrected chi connectivity index (χ3v) is 2.42. The van der Waals surface area contributed by atoms with Gasteiger partial charge in [0.15, 0.2) is 5.82 Å². The Balaban J connectivity index is 2.79. The molecule has 0 atom stereocenters. The zero-order valence-electron chi connectivity index (χ0n) is 11.8. The van der Waals surface area contributed by atoms with Gasteiger partial charge >= 0.3 is 5.97 Å². The summed E-state index contributed by atoms with van der Waals surface area (Å²) in [5.41, 5.74) is 0. The Morgan fingerprint density at radius 3 is 2.74 bits per heavy atom. The maximum atomic E-state index is 11.4. The molecule has 0 fully saturated rings. The van der Waals surface area contributed by atoms with Gasteiger partial charge in [-0.3, -0.25) is 9.78 Å². The molecule has 6 nitrogen and oxygen atoms in total. The molecule has 6 heteroatoms. The van der Waals surface area contributed by atoms with Crippen LogP contribution in [0, 0.1) is 0 Å². The average molecular weight is 267 g/mol. The Morgan fingerprint density at radius 2 is 2.11 bits per heavy atom. The van der Waals surface area contributed by atoms with Crippen LogP contribution >= 0.6 is 0 Å². The predicted octanol–water partition coefficient (Wildman–Crippen LogP) is 1.65. The summed E-state index contributed by atoms with van der Waals surface area (Å²) < 4.78 is 10.1. The van der Waals surface area contributed by atoms with E-state index in [-0.39, 0.29) is 12.5 Å². The Hall–Kier alpha value is -1.85. The second-order valence-corrected chi connectivity index (χ2v) is 4.06. The Morgan fingerprint density at radius 1 is 1.32 bits per heavy atom. The first-order valence-electron chi connectivity index (χ1n) is 6.47. The first-order chi connectivity index (χ1) is 9.21. The number of ether oxygens (including phenoxy) is 2. The van der Waals surface area contributed by atoms with Gasteiger partial charge in [0.2, 0.25) is 5.88 Å². The largest absolute Gasteiger partial charge is 0.477 e. The summed E-state index contributed by atoms with van der Waals surface area (Å²) in [6.07, 6.45) is 5.00. The van der Waals surface area contributed by atoms with E-state index in [0.29, 0.717) is 24.8 Å². The molecule has 0 amide bonds. The Labute approximate surface area is 113 Å². The van der Waals surface area contributed by atoms with Crippen molar-refractivity contribution in [3.63, 3.8) is 0 Å². The molecule has 1 aromatic heterocycles. The molecule has 0 bridgehead atoms. The first kappa shape index (κ1) is 15.2. The number of nitrogens with zero attached hydrogens (tertiary/aromatic N) is 3. The van der Waals surface area contributed by atoms with E-state index in [2.05, 4.69) is 14.7 Å². The lowest BCUT2D eigenvalue weighted by atomic mass is 10.4. The molecule has 0 aliphatic heterocycles. The van der Waals surface area contributed by atoms with Gasteiger partial charge in [-0.15, -0.1) is 0 Å². The number of rotatable bonds is 8. The number of carbonyl (C=O) groups excluding carboxylic acids is 1. The molecule has 0 aliphatic rings. The molecule has 0 N–H and O–H groups in total. The van der Waals surface area contributed by atoms with Gasteiger partial charge in [0.25, 0.3) is 0 Å².